The number of halogens is 1. The standard InChI is InChI=1S/C12H19ClN2O/c1-8(5-6-14)12(15)9-3-4-11(16-2)10(13)7-9/h3-4,7-8,12H,5-6,14-15H2,1-2H3. The number of hydrogen-bond acceptors (Lipinski definition) is 3. The summed E-state index contributed by atoms with van der Waals surface area (Å²) in [5.74, 6) is 1.01. The van der Waals surface area contributed by atoms with Gasteiger partial charge in [-0.2, -0.15) is 0 Å². The van der Waals surface area contributed by atoms with Gasteiger partial charge in [0.25, 0.3) is 0 Å². The van der Waals surface area contributed by atoms with E-state index in [4.69, 9.17) is 27.8 Å². The minimum absolute atomic E-state index is 0.0352. The number of methoxy groups -OCH3 is 1. The summed E-state index contributed by atoms with van der Waals surface area (Å²) in [6, 6.07) is 5.61. The van der Waals surface area contributed by atoms with E-state index >= 15 is 0 Å². The third-order valence-electron chi connectivity index (χ3n) is 2.80. The van der Waals surface area contributed by atoms with Crippen molar-refractivity contribution in [3.63, 3.8) is 0 Å². The van der Waals surface area contributed by atoms with E-state index in [1.807, 2.05) is 18.2 Å². The van der Waals surface area contributed by atoms with Crippen LogP contribution in [0.15, 0.2) is 18.2 Å². The first kappa shape index (κ1) is 13.3. The van der Waals surface area contributed by atoms with Crippen molar-refractivity contribution < 1.29 is 4.74 Å². The van der Waals surface area contributed by atoms with Crippen LogP contribution in [0.5, 0.6) is 5.75 Å². The molecule has 0 spiro atoms. The fourth-order valence-electron chi connectivity index (χ4n) is 1.66. The van der Waals surface area contributed by atoms with Crippen molar-refractivity contribution in [3.8, 4) is 5.75 Å². The van der Waals surface area contributed by atoms with E-state index in [1.54, 1.807) is 7.11 Å². The van der Waals surface area contributed by atoms with Crippen LogP contribution < -0.4 is 16.2 Å². The number of nitrogens with two attached hydrogens (primary N) is 2. The summed E-state index contributed by atoms with van der Waals surface area (Å²) in [5.41, 5.74) is 12.7. The summed E-state index contributed by atoms with van der Waals surface area (Å²) in [7, 11) is 1.60. The second-order valence-electron chi connectivity index (χ2n) is 3.97. The highest BCUT2D eigenvalue weighted by Crippen LogP contribution is 2.29. The van der Waals surface area contributed by atoms with Crippen LogP contribution in [0, 0.1) is 5.92 Å². The molecule has 4 heteroatoms. The normalized spacial score (nSPS) is 14.6. The molecule has 0 aliphatic rings. The van der Waals surface area contributed by atoms with E-state index in [-0.39, 0.29) is 6.04 Å². The smallest absolute Gasteiger partial charge is 0.137 e. The van der Waals surface area contributed by atoms with Crippen molar-refractivity contribution >= 4 is 11.6 Å². The fraction of sp³-hybridized carbons (Fsp3) is 0.500. The van der Waals surface area contributed by atoms with Gasteiger partial charge in [-0.15, -0.1) is 0 Å². The van der Waals surface area contributed by atoms with E-state index in [1.165, 1.54) is 0 Å². The molecule has 1 aromatic rings. The van der Waals surface area contributed by atoms with E-state index in [2.05, 4.69) is 6.92 Å². The average molecular weight is 243 g/mol. The van der Waals surface area contributed by atoms with Crippen LogP contribution in [0.3, 0.4) is 0 Å². The van der Waals surface area contributed by atoms with Crippen molar-refractivity contribution in [1.82, 2.24) is 0 Å². The number of rotatable bonds is 5. The maximum Gasteiger partial charge on any atom is 0.137 e. The van der Waals surface area contributed by atoms with Crippen LogP contribution in [-0.4, -0.2) is 13.7 Å². The van der Waals surface area contributed by atoms with Crippen molar-refractivity contribution in [2.75, 3.05) is 13.7 Å². The van der Waals surface area contributed by atoms with Gasteiger partial charge in [0.2, 0.25) is 0 Å². The molecule has 2 atom stereocenters. The van der Waals surface area contributed by atoms with Gasteiger partial charge in [-0.25, -0.2) is 0 Å². The first-order valence-electron chi connectivity index (χ1n) is 5.39. The molecule has 0 saturated carbocycles. The van der Waals surface area contributed by atoms with Crippen LogP contribution in [0.1, 0.15) is 24.9 Å². The van der Waals surface area contributed by atoms with Crippen molar-refractivity contribution in [2.24, 2.45) is 17.4 Å². The van der Waals surface area contributed by atoms with Crippen molar-refractivity contribution in [3.05, 3.63) is 28.8 Å². The minimum atomic E-state index is -0.0352. The van der Waals surface area contributed by atoms with Gasteiger partial charge < -0.3 is 16.2 Å². The Balaban J connectivity index is 2.84. The summed E-state index contributed by atoms with van der Waals surface area (Å²) in [4.78, 5) is 0. The third-order valence-corrected chi connectivity index (χ3v) is 3.09. The SMILES string of the molecule is COc1ccc(C(N)C(C)CCN)cc1Cl. The zero-order valence-corrected chi connectivity index (χ0v) is 10.5. The predicted octanol–water partition coefficient (Wildman–Crippen LogP) is 2.33. The lowest BCUT2D eigenvalue weighted by atomic mass is 9.93. The lowest BCUT2D eigenvalue weighted by Crippen LogP contribution is -2.21. The molecule has 90 valence electrons. The number of ether oxygens (including phenoxy) is 1. The first-order valence-corrected chi connectivity index (χ1v) is 5.77. The largest absolute Gasteiger partial charge is 0.495 e. The topological polar surface area (TPSA) is 61.3 Å². The number of benzene rings is 1. The molecular weight excluding hydrogens is 224 g/mol. The quantitative estimate of drug-likeness (QED) is 0.833. The highest BCUT2D eigenvalue weighted by Gasteiger charge is 2.15. The molecule has 0 radical (unpaired) electrons. The molecule has 4 N–H and O–H groups in total. The third kappa shape index (κ3) is 3.11. The molecular formula is C12H19ClN2O. The van der Waals surface area contributed by atoms with Gasteiger partial charge in [-0.3, -0.25) is 0 Å². The molecule has 0 aliphatic heterocycles. The molecule has 3 nitrogen and oxygen atoms in total. The van der Waals surface area contributed by atoms with Crippen LogP contribution in [0.2, 0.25) is 5.02 Å². The molecule has 2 unspecified atom stereocenters. The lowest BCUT2D eigenvalue weighted by molar-refractivity contribution is 0.413. The van der Waals surface area contributed by atoms with Gasteiger partial charge in [0.05, 0.1) is 12.1 Å². The molecule has 0 fully saturated rings. The zero-order valence-electron chi connectivity index (χ0n) is 9.74. The van der Waals surface area contributed by atoms with Gasteiger partial charge in [0, 0.05) is 6.04 Å². The molecule has 0 bridgehead atoms. The summed E-state index contributed by atoms with van der Waals surface area (Å²) in [6.07, 6.45) is 0.908. The summed E-state index contributed by atoms with van der Waals surface area (Å²) in [6.45, 7) is 2.74. The first-order chi connectivity index (χ1) is 7.60. The summed E-state index contributed by atoms with van der Waals surface area (Å²) in [5, 5.41) is 0.593. The van der Waals surface area contributed by atoms with Crippen LogP contribution in [-0.2, 0) is 0 Å². The Bertz CT molecular complexity index is 344. The van der Waals surface area contributed by atoms with E-state index in [0.29, 0.717) is 23.2 Å². The summed E-state index contributed by atoms with van der Waals surface area (Å²) < 4.78 is 5.09. The van der Waals surface area contributed by atoms with Crippen molar-refractivity contribution in [1.29, 1.82) is 0 Å². The van der Waals surface area contributed by atoms with E-state index < -0.39 is 0 Å². The Labute approximate surface area is 102 Å². The van der Waals surface area contributed by atoms with Gasteiger partial charge >= 0.3 is 0 Å². The van der Waals surface area contributed by atoms with E-state index in [9.17, 15) is 0 Å². The van der Waals surface area contributed by atoms with Gasteiger partial charge in [0.1, 0.15) is 5.75 Å². The average Bonchev–Trinajstić information content (AvgIpc) is 2.28. The summed E-state index contributed by atoms with van der Waals surface area (Å²) >= 11 is 6.05. The number of hydrogen-bond donors (Lipinski definition) is 2. The predicted molar refractivity (Wildman–Crippen MR) is 67.8 cm³/mol. The van der Waals surface area contributed by atoms with Crippen LogP contribution >= 0.6 is 11.6 Å². The molecule has 1 aromatic carbocycles. The van der Waals surface area contributed by atoms with E-state index in [0.717, 1.165) is 12.0 Å². The highest BCUT2D eigenvalue weighted by atomic mass is 35.5. The molecule has 0 aromatic heterocycles. The lowest BCUT2D eigenvalue weighted by Gasteiger charge is -2.20. The molecule has 16 heavy (non-hydrogen) atoms. The van der Waals surface area contributed by atoms with Crippen LogP contribution in [0.4, 0.5) is 0 Å². The van der Waals surface area contributed by atoms with Gasteiger partial charge in [-0.1, -0.05) is 24.6 Å². The second-order valence-corrected chi connectivity index (χ2v) is 4.38. The van der Waals surface area contributed by atoms with Gasteiger partial charge in [-0.05, 0) is 36.6 Å². The molecule has 1 rings (SSSR count). The Morgan fingerprint density at radius 3 is 2.62 bits per heavy atom. The van der Waals surface area contributed by atoms with Crippen molar-refractivity contribution in [2.45, 2.75) is 19.4 Å². The monoisotopic (exact) mass is 242 g/mol. The van der Waals surface area contributed by atoms with Crippen LogP contribution in [0.25, 0.3) is 0 Å². The molecule has 0 amide bonds. The minimum Gasteiger partial charge on any atom is -0.495 e. The maximum atomic E-state index is 6.13. The zero-order chi connectivity index (χ0) is 12.1. The Kier molecular flexibility index (Phi) is 5.06. The Morgan fingerprint density at radius 1 is 1.44 bits per heavy atom. The Hall–Kier alpha value is -0.770. The fourth-order valence-corrected chi connectivity index (χ4v) is 1.93. The maximum absolute atomic E-state index is 6.13. The molecule has 0 aliphatic carbocycles. The van der Waals surface area contributed by atoms with Gasteiger partial charge in [0.15, 0.2) is 0 Å². The molecule has 0 saturated heterocycles. The Morgan fingerprint density at radius 2 is 2.12 bits per heavy atom. The molecule has 0 heterocycles. The highest BCUT2D eigenvalue weighted by molar-refractivity contribution is 6.32. The second kappa shape index (κ2) is 6.09.